The lowest BCUT2D eigenvalue weighted by Gasteiger charge is -2.14. The van der Waals surface area contributed by atoms with E-state index in [4.69, 9.17) is 0 Å². The van der Waals surface area contributed by atoms with Gasteiger partial charge < -0.3 is 10.0 Å². The molecule has 0 aliphatic heterocycles. The van der Waals surface area contributed by atoms with Crippen molar-refractivity contribution >= 4 is 5.69 Å². The van der Waals surface area contributed by atoms with Gasteiger partial charge in [-0.1, -0.05) is 12.1 Å². The van der Waals surface area contributed by atoms with Crippen molar-refractivity contribution in [1.82, 2.24) is 9.78 Å². The van der Waals surface area contributed by atoms with Crippen molar-refractivity contribution < 1.29 is 5.11 Å². The second kappa shape index (κ2) is 5.23. The number of aliphatic hydroxyl groups is 1. The maximum absolute atomic E-state index is 10.2. The van der Waals surface area contributed by atoms with E-state index in [1.165, 1.54) is 0 Å². The smallest absolute Gasteiger partial charge is 0.0831 e. The summed E-state index contributed by atoms with van der Waals surface area (Å²) in [6.07, 6.45) is 3.83. The molecule has 1 unspecified atom stereocenters. The first-order chi connectivity index (χ1) is 8.56. The molecule has 2 rings (SSSR count). The quantitative estimate of drug-likeness (QED) is 0.892. The summed E-state index contributed by atoms with van der Waals surface area (Å²) in [4.78, 5) is 2.04. The van der Waals surface area contributed by atoms with E-state index in [1.54, 1.807) is 10.9 Å². The van der Waals surface area contributed by atoms with Crippen molar-refractivity contribution in [3.05, 3.63) is 47.8 Å². The van der Waals surface area contributed by atoms with Crippen LogP contribution in [0.25, 0.3) is 0 Å². The Hall–Kier alpha value is -1.81. The van der Waals surface area contributed by atoms with E-state index in [-0.39, 0.29) is 0 Å². The van der Waals surface area contributed by atoms with Crippen LogP contribution >= 0.6 is 0 Å². The molecule has 0 saturated heterocycles. The standard InChI is InChI=1S/C14H19N3O/c1-16(2)13-6-4-12(5-7-13)14(18)8-11-9-15-17(3)10-11/h4-7,9-10,14,18H,8H2,1-3H3. The predicted molar refractivity (Wildman–Crippen MR) is 72.6 cm³/mol. The summed E-state index contributed by atoms with van der Waals surface area (Å²) in [6, 6.07) is 7.97. The molecule has 1 N–H and O–H groups in total. The van der Waals surface area contributed by atoms with Gasteiger partial charge in [0, 0.05) is 39.4 Å². The first kappa shape index (κ1) is 12.6. The van der Waals surface area contributed by atoms with Crippen molar-refractivity contribution in [3.8, 4) is 0 Å². The molecule has 0 radical (unpaired) electrons. The fraction of sp³-hybridized carbons (Fsp3) is 0.357. The molecule has 0 bridgehead atoms. The van der Waals surface area contributed by atoms with Crippen LogP contribution in [0.1, 0.15) is 17.2 Å². The third-order valence-corrected chi connectivity index (χ3v) is 2.98. The van der Waals surface area contributed by atoms with E-state index in [0.717, 1.165) is 16.8 Å². The Bertz CT molecular complexity index is 502. The van der Waals surface area contributed by atoms with Crippen molar-refractivity contribution in [3.63, 3.8) is 0 Å². The third-order valence-electron chi connectivity index (χ3n) is 2.98. The van der Waals surface area contributed by atoms with Crippen LogP contribution in [0, 0.1) is 0 Å². The SMILES string of the molecule is CN(C)c1ccc(C(O)Cc2cnn(C)c2)cc1. The number of aromatic nitrogens is 2. The van der Waals surface area contributed by atoms with Crippen LogP contribution < -0.4 is 4.90 Å². The van der Waals surface area contributed by atoms with Gasteiger partial charge in [-0.25, -0.2) is 0 Å². The number of rotatable bonds is 4. The van der Waals surface area contributed by atoms with E-state index in [2.05, 4.69) is 5.10 Å². The first-order valence-corrected chi connectivity index (χ1v) is 5.99. The molecule has 4 heteroatoms. The van der Waals surface area contributed by atoms with E-state index in [0.29, 0.717) is 6.42 Å². The minimum atomic E-state index is -0.481. The Kier molecular flexibility index (Phi) is 3.67. The second-order valence-electron chi connectivity index (χ2n) is 4.73. The van der Waals surface area contributed by atoms with Gasteiger partial charge >= 0.3 is 0 Å². The van der Waals surface area contributed by atoms with Crippen LogP contribution in [0.15, 0.2) is 36.7 Å². The summed E-state index contributed by atoms with van der Waals surface area (Å²) in [7, 11) is 5.88. The number of aliphatic hydroxyl groups excluding tert-OH is 1. The van der Waals surface area contributed by atoms with Gasteiger partial charge in [-0.2, -0.15) is 5.10 Å². The zero-order chi connectivity index (χ0) is 13.1. The number of hydrogen-bond acceptors (Lipinski definition) is 3. The maximum atomic E-state index is 10.2. The highest BCUT2D eigenvalue weighted by Gasteiger charge is 2.10. The molecule has 1 aromatic heterocycles. The molecule has 4 nitrogen and oxygen atoms in total. The van der Waals surface area contributed by atoms with Crippen LogP contribution in [0.3, 0.4) is 0 Å². The summed E-state index contributed by atoms with van der Waals surface area (Å²) in [6.45, 7) is 0. The molecule has 0 aliphatic carbocycles. The molecule has 96 valence electrons. The molecule has 0 fully saturated rings. The number of nitrogens with zero attached hydrogens (tertiary/aromatic N) is 3. The minimum absolute atomic E-state index is 0.481. The van der Waals surface area contributed by atoms with Gasteiger partial charge in [-0.15, -0.1) is 0 Å². The minimum Gasteiger partial charge on any atom is -0.388 e. The van der Waals surface area contributed by atoms with Crippen LogP contribution in [0.2, 0.25) is 0 Å². The van der Waals surface area contributed by atoms with Gasteiger partial charge in [0.05, 0.1) is 12.3 Å². The highest BCUT2D eigenvalue weighted by molar-refractivity contribution is 5.46. The first-order valence-electron chi connectivity index (χ1n) is 5.99. The van der Waals surface area contributed by atoms with Gasteiger partial charge in [0.1, 0.15) is 0 Å². The Morgan fingerprint density at radius 1 is 1.28 bits per heavy atom. The lowest BCUT2D eigenvalue weighted by Crippen LogP contribution is -2.09. The van der Waals surface area contributed by atoms with Crippen LogP contribution in [-0.2, 0) is 13.5 Å². The fourth-order valence-electron chi connectivity index (χ4n) is 1.91. The Labute approximate surface area is 107 Å². The van der Waals surface area contributed by atoms with Gasteiger partial charge in [0.25, 0.3) is 0 Å². The lowest BCUT2D eigenvalue weighted by atomic mass is 10.0. The normalized spacial score (nSPS) is 12.4. The average Bonchev–Trinajstić information content (AvgIpc) is 2.75. The van der Waals surface area contributed by atoms with E-state index in [9.17, 15) is 5.11 Å². The number of anilines is 1. The Balaban J connectivity index is 2.06. The van der Waals surface area contributed by atoms with Crippen molar-refractivity contribution in [2.75, 3.05) is 19.0 Å². The van der Waals surface area contributed by atoms with Crippen LogP contribution in [-0.4, -0.2) is 29.0 Å². The molecule has 0 aliphatic rings. The Morgan fingerprint density at radius 2 is 1.94 bits per heavy atom. The van der Waals surface area contributed by atoms with Crippen LogP contribution in [0.4, 0.5) is 5.69 Å². The number of hydrogen-bond donors (Lipinski definition) is 1. The monoisotopic (exact) mass is 245 g/mol. The summed E-state index contributed by atoms with van der Waals surface area (Å²) in [5.41, 5.74) is 3.11. The largest absolute Gasteiger partial charge is 0.388 e. The summed E-state index contributed by atoms with van der Waals surface area (Å²) >= 11 is 0. The highest BCUT2D eigenvalue weighted by atomic mass is 16.3. The molecule has 0 saturated carbocycles. The molecular weight excluding hydrogens is 226 g/mol. The predicted octanol–water partition coefficient (Wildman–Crippen LogP) is 1.76. The molecule has 2 aromatic rings. The molecule has 1 atom stereocenters. The van der Waals surface area contributed by atoms with Crippen molar-refractivity contribution in [2.45, 2.75) is 12.5 Å². The van der Waals surface area contributed by atoms with Crippen molar-refractivity contribution in [1.29, 1.82) is 0 Å². The molecular formula is C14H19N3O. The van der Waals surface area contributed by atoms with E-state index < -0.39 is 6.10 Å². The zero-order valence-corrected chi connectivity index (χ0v) is 11.0. The summed E-state index contributed by atoms with van der Waals surface area (Å²) in [5.74, 6) is 0. The molecule has 0 amide bonds. The van der Waals surface area contributed by atoms with Gasteiger partial charge in [0.15, 0.2) is 0 Å². The fourth-order valence-corrected chi connectivity index (χ4v) is 1.91. The molecule has 18 heavy (non-hydrogen) atoms. The summed E-state index contributed by atoms with van der Waals surface area (Å²) < 4.78 is 1.75. The Morgan fingerprint density at radius 3 is 2.44 bits per heavy atom. The van der Waals surface area contributed by atoms with E-state index in [1.807, 2.05) is 56.5 Å². The van der Waals surface area contributed by atoms with Gasteiger partial charge in [-0.05, 0) is 23.3 Å². The third kappa shape index (κ3) is 2.90. The lowest BCUT2D eigenvalue weighted by molar-refractivity contribution is 0.178. The topological polar surface area (TPSA) is 41.3 Å². The second-order valence-corrected chi connectivity index (χ2v) is 4.73. The van der Waals surface area contributed by atoms with Gasteiger partial charge in [-0.3, -0.25) is 4.68 Å². The molecule has 1 aromatic carbocycles. The zero-order valence-electron chi connectivity index (χ0n) is 11.0. The highest BCUT2D eigenvalue weighted by Crippen LogP contribution is 2.20. The molecule has 0 spiro atoms. The molecule has 1 heterocycles. The number of benzene rings is 1. The van der Waals surface area contributed by atoms with Gasteiger partial charge in [0.2, 0.25) is 0 Å². The maximum Gasteiger partial charge on any atom is 0.0831 e. The van der Waals surface area contributed by atoms with Crippen molar-refractivity contribution in [2.24, 2.45) is 7.05 Å². The summed E-state index contributed by atoms with van der Waals surface area (Å²) in [5, 5.41) is 14.3. The average molecular weight is 245 g/mol. The number of aryl methyl sites for hydroxylation is 1. The van der Waals surface area contributed by atoms with Crippen LogP contribution in [0.5, 0.6) is 0 Å². The van der Waals surface area contributed by atoms with E-state index >= 15 is 0 Å².